The molecule has 0 radical (unpaired) electrons. The number of carbonyl (C=O) groups excluding carboxylic acids is 2. The second-order valence-electron chi connectivity index (χ2n) is 8.83. The van der Waals surface area contributed by atoms with Crippen molar-refractivity contribution in [2.24, 2.45) is 0 Å². The van der Waals surface area contributed by atoms with Crippen LogP contribution in [0.1, 0.15) is 49.8 Å². The Balaban J connectivity index is 1.73. The van der Waals surface area contributed by atoms with Crippen LogP contribution in [0.15, 0.2) is 48.0 Å². The summed E-state index contributed by atoms with van der Waals surface area (Å²) in [5, 5.41) is 11.3. The third-order valence-electron chi connectivity index (χ3n) is 6.29. The fourth-order valence-electron chi connectivity index (χ4n) is 4.50. The molecule has 0 aliphatic carbocycles. The van der Waals surface area contributed by atoms with Crippen molar-refractivity contribution in [2.45, 2.75) is 38.6 Å². The van der Waals surface area contributed by atoms with Crippen molar-refractivity contribution in [3.8, 4) is 17.2 Å². The molecule has 1 atom stereocenters. The van der Waals surface area contributed by atoms with Gasteiger partial charge in [0, 0.05) is 25.8 Å². The van der Waals surface area contributed by atoms with E-state index in [-0.39, 0.29) is 11.3 Å². The second kappa shape index (κ2) is 11.9. The van der Waals surface area contributed by atoms with Gasteiger partial charge in [0.2, 0.25) is 0 Å². The zero-order chi connectivity index (χ0) is 25.5. The van der Waals surface area contributed by atoms with Crippen LogP contribution in [-0.4, -0.2) is 61.8 Å². The summed E-state index contributed by atoms with van der Waals surface area (Å²) in [5.74, 6) is 0.0914. The van der Waals surface area contributed by atoms with Gasteiger partial charge < -0.3 is 29.0 Å². The standard InChI is InChI=1S/C28H33NO7/c1-3-4-5-14-34-21-9-6-8-19(17-21)25-24(27(31)28(32)29(25)12-7-13-33-2)26(30)20-10-11-22-23(18-20)36-16-15-35-22/h6,8-11,17-18,25,30H,3-5,7,12-16H2,1-2H3/t25-/m0/s1. The number of rotatable bonds is 11. The van der Waals surface area contributed by atoms with E-state index in [2.05, 4.69) is 6.92 Å². The molecule has 1 fully saturated rings. The van der Waals surface area contributed by atoms with Crippen LogP contribution in [0.5, 0.6) is 17.2 Å². The fraction of sp³-hybridized carbons (Fsp3) is 0.429. The number of ether oxygens (including phenoxy) is 4. The van der Waals surface area contributed by atoms with Crippen LogP contribution in [0.2, 0.25) is 0 Å². The highest BCUT2D eigenvalue weighted by molar-refractivity contribution is 6.46. The predicted octanol–water partition coefficient (Wildman–Crippen LogP) is 4.49. The van der Waals surface area contributed by atoms with E-state index in [9.17, 15) is 14.7 Å². The number of benzene rings is 2. The lowest BCUT2D eigenvalue weighted by atomic mass is 9.95. The summed E-state index contributed by atoms with van der Waals surface area (Å²) in [7, 11) is 1.59. The number of ketones is 1. The molecule has 1 amide bonds. The first-order valence-electron chi connectivity index (χ1n) is 12.4. The van der Waals surface area contributed by atoms with Gasteiger partial charge in [-0.1, -0.05) is 31.9 Å². The van der Waals surface area contributed by atoms with Gasteiger partial charge in [-0.2, -0.15) is 0 Å². The van der Waals surface area contributed by atoms with Crippen LogP contribution < -0.4 is 14.2 Å². The molecule has 8 heteroatoms. The lowest BCUT2D eigenvalue weighted by Gasteiger charge is -2.26. The largest absolute Gasteiger partial charge is 0.507 e. The van der Waals surface area contributed by atoms with Gasteiger partial charge >= 0.3 is 0 Å². The molecule has 0 spiro atoms. The molecule has 36 heavy (non-hydrogen) atoms. The average molecular weight is 496 g/mol. The number of methoxy groups -OCH3 is 1. The van der Waals surface area contributed by atoms with E-state index >= 15 is 0 Å². The summed E-state index contributed by atoms with van der Waals surface area (Å²) in [6.07, 6.45) is 3.67. The normalized spacial score (nSPS) is 18.5. The highest BCUT2D eigenvalue weighted by atomic mass is 16.6. The molecule has 0 bridgehead atoms. The maximum absolute atomic E-state index is 13.2. The maximum Gasteiger partial charge on any atom is 0.295 e. The molecule has 2 aromatic carbocycles. The number of Topliss-reactive ketones (excluding diaryl/α,β-unsaturated/α-hetero) is 1. The first-order chi connectivity index (χ1) is 17.5. The van der Waals surface area contributed by atoms with E-state index < -0.39 is 17.7 Å². The van der Waals surface area contributed by atoms with E-state index in [1.165, 1.54) is 4.90 Å². The lowest BCUT2D eigenvalue weighted by molar-refractivity contribution is -0.140. The highest BCUT2D eigenvalue weighted by Crippen LogP contribution is 2.41. The third-order valence-corrected chi connectivity index (χ3v) is 6.29. The number of hydrogen-bond donors (Lipinski definition) is 1. The Labute approximate surface area is 211 Å². The second-order valence-corrected chi connectivity index (χ2v) is 8.83. The topological polar surface area (TPSA) is 94.5 Å². The molecule has 192 valence electrons. The molecule has 2 aromatic rings. The molecular formula is C28H33NO7. The first kappa shape index (κ1) is 25.6. The molecular weight excluding hydrogens is 462 g/mol. The number of aliphatic hydroxyl groups is 1. The number of carbonyl (C=O) groups is 2. The van der Waals surface area contributed by atoms with Gasteiger partial charge in [0.1, 0.15) is 24.7 Å². The Hall–Kier alpha value is -3.52. The molecule has 1 N–H and O–H groups in total. The smallest absolute Gasteiger partial charge is 0.295 e. The van der Waals surface area contributed by atoms with Crippen LogP contribution in [0.4, 0.5) is 0 Å². The number of amides is 1. The quantitative estimate of drug-likeness (QED) is 0.212. The Morgan fingerprint density at radius 2 is 1.83 bits per heavy atom. The molecule has 0 saturated carbocycles. The molecule has 4 rings (SSSR count). The molecule has 1 saturated heterocycles. The van der Waals surface area contributed by atoms with Crippen molar-refractivity contribution in [1.82, 2.24) is 4.90 Å². The van der Waals surface area contributed by atoms with Gasteiger partial charge in [-0.05, 0) is 48.7 Å². The van der Waals surface area contributed by atoms with Gasteiger partial charge in [0.15, 0.2) is 11.5 Å². The van der Waals surface area contributed by atoms with Crippen molar-refractivity contribution in [1.29, 1.82) is 0 Å². The van der Waals surface area contributed by atoms with Gasteiger partial charge in [-0.3, -0.25) is 9.59 Å². The number of fused-ring (bicyclic) bond motifs is 1. The summed E-state index contributed by atoms with van der Waals surface area (Å²) < 4.78 is 22.3. The predicted molar refractivity (Wildman–Crippen MR) is 134 cm³/mol. The number of unbranched alkanes of at least 4 members (excludes halogenated alkanes) is 2. The van der Waals surface area contributed by atoms with Crippen molar-refractivity contribution in [2.75, 3.05) is 40.1 Å². The van der Waals surface area contributed by atoms with Gasteiger partial charge in [-0.15, -0.1) is 0 Å². The summed E-state index contributed by atoms with van der Waals surface area (Å²) in [5.41, 5.74) is 1.11. The van der Waals surface area contributed by atoms with E-state index in [0.29, 0.717) is 67.8 Å². The van der Waals surface area contributed by atoms with Crippen LogP contribution in [0.25, 0.3) is 5.76 Å². The van der Waals surface area contributed by atoms with Gasteiger partial charge in [-0.25, -0.2) is 0 Å². The number of aliphatic hydroxyl groups excluding tert-OH is 1. The van der Waals surface area contributed by atoms with Crippen molar-refractivity contribution in [3.05, 3.63) is 59.2 Å². The van der Waals surface area contributed by atoms with Crippen LogP contribution in [-0.2, 0) is 14.3 Å². The Morgan fingerprint density at radius 1 is 1.03 bits per heavy atom. The minimum atomic E-state index is -0.755. The van der Waals surface area contributed by atoms with Crippen LogP contribution in [0, 0.1) is 0 Å². The van der Waals surface area contributed by atoms with E-state index in [4.69, 9.17) is 18.9 Å². The summed E-state index contributed by atoms with van der Waals surface area (Å²) in [6.45, 7) is 4.31. The molecule has 0 aromatic heterocycles. The maximum atomic E-state index is 13.2. The Bertz CT molecular complexity index is 1130. The Kier molecular flexibility index (Phi) is 8.48. The summed E-state index contributed by atoms with van der Waals surface area (Å²) in [4.78, 5) is 27.8. The van der Waals surface area contributed by atoms with Gasteiger partial charge in [0.25, 0.3) is 11.7 Å². The average Bonchev–Trinajstić information content (AvgIpc) is 3.16. The molecule has 2 aliphatic rings. The number of nitrogens with zero attached hydrogens (tertiary/aromatic N) is 1. The van der Waals surface area contributed by atoms with E-state index in [1.807, 2.05) is 24.3 Å². The minimum Gasteiger partial charge on any atom is -0.507 e. The summed E-state index contributed by atoms with van der Waals surface area (Å²) in [6, 6.07) is 11.6. The highest BCUT2D eigenvalue weighted by Gasteiger charge is 2.46. The van der Waals surface area contributed by atoms with Gasteiger partial charge in [0.05, 0.1) is 18.2 Å². The first-order valence-corrected chi connectivity index (χ1v) is 12.4. The number of likely N-dealkylation sites (tertiary alicyclic amines) is 1. The van der Waals surface area contributed by atoms with Crippen LogP contribution in [0.3, 0.4) is 0 Å². The third kappa shape index (κ3) is 5.49. The van der Waals surface area contributed by atoms with E-state index in [0.717, 1.165) is 19.3 Å². The zero-order valence-corrected chi connectivity index (χ0v) is 20.8. The minimum absolute atomic E-state index is 0.0391. The Morgan fingerprint density at radius 3 is 2.61 bits per heavy atom. The molecule has 2 heterocycles. The lowest BCUT2D eigenvalue weighted by Crippen LogP contribution is -2.31. The molecule has 2 aliphatic heterocycles. The fourth-order valence-corrected chi connectivity index (χ4v) is 4.50. The number of hydrogen-bond acceptors (Lipinski definition) is 7. The molecule has 8 nitrogen and oxygen atoms in total. The van der Waals surface area contributed by atoms with Crippen LogP contribution >= 0.6 is 0 Å². The molecule has 0 unspecified atom stereocenters. The van der Waals surface area contributed by atoms with Crippen molar-refractivity contribution >= 4 is 17.4 Å². The van der Waals surface area contributed by atoms with Crippen molar-refractivity contribution < 1.29 is 33.6 Å². The van der Waals surface area contributed by atoms with Crippen molar-refractivity contribution in [3.63, 3.8) is 0 Å². The zero-order valence-electron chi connectivity index (χ0n) is 20.8. The summed E-state index contributed by atoms with van der Waals surface area (Å²) >= 11 is 0. The van der Waals surface area contributed by atoms with E-state index in [1.54, 1.807) is 25.3 Å². The SMILES string of the molecule is CCCCCOc1cccc([C@H]2C(=C(O)c3ccc4c(c3)OCCO4)C(=O)C(=O)N2CCCOC)c1. The monoisotopic (exact) mass is 495 g/mol.